The Morgan fingerprint density at radius 1 is 1.11 bits per heavy atom. The van der Waals surface area contributed by atoms with Gasteiger partial charge in [-0.15, -0.1) is 0 Å². The number of benzene rings is 1. The molecule has 0 aliphatic heterocycles. The van der Waals surface area contributed by atoms with Crippen LogP contribution in [0.2, 0.25) is 0 Å². The lowest BCUT2D eigenvalue weighted by molar-refractivity contribution is 0.216. The molecule has 0 radical (unpaired) electrons. The lowest BCUT2D eigenvalue weighted by atomic mass is 10.0. The fourth-order valence-electron chi connectivity index (χ4n) is 2.34. The highest BCUT2D eigenvalue weighted by molar-refractivity contribution is 5.85. The zero-order valence-corrected chi connectivity index (χ0v) is 10.1. The van der Waals surface area contributed by atoms with Crippen molar-refractivity contribution in [3.63, 3.8) is 0 Å². The fourth-order valence-corrected chi connectivity index (χ4v) is 2.34. The molecular formula is C15H14N2O. The summed E-state index contributed by atoms with van der Waals surface area (Å²) in [6, 6.07) is 13.6. The predicted molar refractivity (Wildman–Crippen MR) is 71.3 cm³/mol. The van der Waals surface area contributed by atoms with Gasteiger partial charge in [0.1, 0.15) is 6.10 Å². The quantitative estimate of drug-likeness (QED) is 0.721. The molecule has 1 aromatic carbocycles. The summed E-state index contributed by atoms with van der Waals surface area (Å²) < 4.78 is 0. The lowest BCUT2D eigenvalue weighted by Gasteiger charge is -2.10. The van der Waals surface area contributed by atoms with Gasteiger partial charge in [-0.1, -0.05) is 24.3 Å². The van der Waals surface area contributed by atoms with Gasteiger partial charge in [0.15, 0.2) is 0 Å². The van der Waals surface area contributed by atoms with Crippen LogP contribution in [-0.4, -0.2) is 15.1 Å². The van der Waals surface area contributed by atoms with Crippen LogP contribution >= 0.6 is 0 Å². The summed E-state index contributed by atoms with van der Waals surface area (Å²) in [6.45, 7) is 1.97. The molecule has 0 fully saturated rings. The molecule has 3 aromatic rings. The van der Waals surface area contributed by atoms with Crippen molar-refractivity contribution in [3.05, 3.63) is 65.6 Å². The molecule has 0 spiro atoms. The van der Waals surface area contributed by atoms with Crippen LogP contribution in [0.5, 0.6) is 0 Å². The highest BCUT2D eigenvalue weighted by Crippen LogP contribution is 2.30. The zero-order chi connectivity index (χ0) is 12.5. The van der Waals surface area contributed by atoms with Gasteiger partial charge in [0.25, 0.3) is 0 Å². The van der Waals surface area contributed by atoms with Crippen molar-refractivity contribution in [2.24, 2.45) is 0 Å². The number of aromatic amines is 1. The normalized spacial score (nSPS) is 12.8. The molecule has 1 atom stereocenters. The van der Waals surface area contributed by atoms with E-state index in [1.807, 2.05) is 49.4 Å². The maximum Gasteiger partial charge on any atom is 0.123 e. The molecule has 3 rings (SSSR count). The smallest absolute Gasteiger partial charge is 0.123 e. The Balaban J connectivity index is 2.17. The van der Waals surface area contributed by atoms with E-state index in [9.17, 15) is 5.11 Å². The number of hydrogen-bond donors (Lipinski definition) is 2. The number of H-pyrrole nitrogens is 1. The van der Waals surface area contributed by atoms with E-state index in [1.165, 1.54) is 0 Å². The van der Waals surface area contributed by atoms with Crippen molar-refractivity contribution in [2.75, 3.05) is 0 Å². The number of hydrogen-bond acceptors (Lipinski definition) is 2. The van der Waals surface area contributed by atoms with Crippen LogP contribution in [0.25, 0.3) is 10.9 Å². The minimum Gasteiger partial charge on any atom is -0.382 e. The first-order valence-electron chi connectivity index (χ1n) is 5.93. The van der Waals surface area contributed by atoms with Crippen LogP contribution in [0, 0.1) is 6.92 Å². The van der Waals surface area contributed by atoms with Gasteiger partial charge in [-0.05, 0) is 25.1 Å². The molecule has 0 amide bonds. The van der Waals surface area contributed by atoms with Gasteiger partial charge >= 0.3 is 0 Å². The van der Waals surface area contributed by atoms with Gasteiger partial charge in [-0.3, -0.25) is 4.98 Å². The third kappa shape index (κ3) is 1.69. The number of para-hydroxylation sites is 1. The summed E-state index contributed by atoms with van der Waals surface area (Å²) in [7, 11) is 0. The van der Waals surface area contributed by atoms with Crippen LogP contribution in [-0.2, 0) is 0 Å². The number of fused-ring (bicyclic) bond motifs is 1. The van der Waals surface area contributed by atoms with Crippen LogP contribution < -0.4 is 0 Å². The second-order valence-corrected chi connectivity index (χ2v) is 4.37. The van der Waals surface area contributed by atoms with Crippen molar-refractivity contribution in [1.82, 2.24) is 9.97 Å². The molecule has 0 aliphatic rings. The molecule has 0 unspecified atom stereocenters. The Morgan fingerprint density at radius 2 is 1.89 bits per heavy atom. The summed E-state index contributed by atoms with van der Waals surface area (Å²) in [5, 5.41) is 11.5. The molecule has 0 bridgehead atoms. The molecular weight excluding hydrogens is 224 g/mol. The molecule has 18 heavy (non-hydrogen) atoms. The highest BCUT2D eigenvalue weighted by Gasteiger charge is 2.18. The molecule has 0 saturated heterocycles. The fraction of sp³-hybridized carbons (Fsp3) is 0.133. The largest absolute Gasteiger partial charge is 0.382 e. The predicted octanol–water partition coefficient (Wildman–Crippen LogP) is 2.95. The Hall–Kier alpha value is -2.13. The number of rotatable bonds is 2. The van der Waals surface area contributed by atoms with Crippen LogP contribution in [0.1, 0.15) is 23.1 Å². The van der Waals surface area contributed by atoms with Crippen molar-refractivity contribution in [3.8, 4) is 0 Å². The first kappa shape index (κ1) is 11.0. The van der Waals surface area contributed by atoms with E-state index in [4.69, 9.17) is 0 Å². The molecule has 0 saturated carbocycles. The van der Waals surface area contributed by atoms with Gasteiger partial charge in [-0.25, -0.2) is 0 Å². The van der Waals surface area contributed by atoms with Crippen molar-refractivity contribution in [1.29, 1.82) is 0 Å². The van der Waals surface area contributed by atoms with Crippen molar-refractivity contribution < 1.29 is 5.11 Å². The van der Waals surface area contributed by atoms with E-state index in [-0.39, 0.29) is 0 Å². The monoisotopic (exact) mass is 238 g/mol. The van der Waals surface area contributed by atoms with E-state index in [1.54, 1.807) is 6.20 Å². The number of nitrogens with zero attached hydrogens (tertiary/aromatic N) is 1. The standard InChI is InChI=1S/C15H14N2O/c1-10-14(11-6-2-3-7-12(11)17-10)15(18)13-8-4-5-9-16-13/h2-9,15,17-18H,1H3/t15-/m1/s1. The lowest BCUT2D eigenvalue weighted by Crippen LogP contribution is -2.02. The summed E-state index contributed by atoms with van der Waals surface area (Å²) in [5.74, 6) is 0. The Bertz CT molecular complexity index is 673. The maximum absolute atomic E-state index is 10.5. The first-order valence-corrected chi connectivity index (χ1v) is 5.93. The van der Waals surface area contributed by atoms with Crippen LogP contribution in [0.4, 0.5) is 0 Å². The minimum absolute atomic E-state index is 0.672. The van der Waals surface area contributed by atoms with E-state index in [0.29, 0.717) is 5.69 Å². The molecule has 2 heterocycles. The third-order valence-electron chi connectivity index (χ3n) is 3.18. The van der Waals surface area contributed by atoms with E-state index < -0.39 is 6.10 Å². The van der Waals surface area contributed by atoms with E-state index in [0.717, 1.165) is 22.2 Å². The number of aliphatic hydroxyl groups excluding tert-OH is 1. The number of aryl methyl sites for hydroxylation is 1. The van der Waals surface area contributed by atoms with Gasteiger partial charge in [0.05, 0.1) is 5.69 Å². The minimum atomic E-state index is -0.692. The summed E-state index contributed by atoms with van der Waals surface area (Å²) in [4.78, 5) is 7.51. The number of aromatic nitrogens is 2. The van der Waals surface area contributed by atoms with E-state index >= 15 is 0 Å². The highest BCUT2D eigenvalue weighted by atomic mass is 16.3. The maximum atomic E-state index is 10.5. The summed E-state index contributed by atoms with van der Waals surface area (Å²) >= 11 is 0. The second kappa shape index (κ2) is 4.27. The van der Waals surface area contributed by atoms with Gasteiger partial charge < -0.3 is 10.1 Å². The zero-order valence-electron chi connectivity index (χ0n) is 10.1. The number of nitrogens with one attached hydrogen (secondary N) is 1. The van der Waals surface area contributed by atoms with Crippen molar-refractivity contribution in [2.45, 2.75) is 13.0 Å². The molecule has 2 N–H and O–H groups in total. The van der Waals surface area contributed by atoms with Crippen molar-refractivity contribution >= 4 is 10.9 Å². The molecule has 0 aliphatic carbocycles. The van der Waals surface area contributed by atoms with Gasteiger partial charge in [0.2, 0.25) is 0 Å². The topological polar surface area (TPSA) is 48.9 Å². The Labute approximate surface area is 105 Å². The van der Waals surface area contributed by atoms with Crippen LogP contribution in [0.15, 0.2) is 48.7 Å². The Kier molecular flexibility index (Phi) is 2.61. The average Bonchev–Trinajstić information content (AvgIpc) is 2.75. The average molecular weight is 238 g/mol. The molecule has 3 nitrogen and oxygen atoms in total. The summed E-state index contributed by atoms with van der Waals surface area (Å²) in [6.07, 6.45) is 1.00. The molecule has 2 aromatic heterocycles. The SMILES string of the molecule is Cc1[nH]c2ccccc2c1[C@H](O)c1ccccn1. The molecule has 90 valence electrons. The summed E-state index contributed by atoms with van der Waals surface area (Å²) in [5.41, 5.74) is 3.60. The van der Waals surface area contributed by atoms with Gasteiger partial charge in [0, 0.05) is 28.4 Å². The van der Waals surface area contributed by atoms with Crippen LogP contribution in [0.3, 0.4) is 0 Å². The number of aliphatic hydroxyl groups is 1. The molecule has 3 heteroatoms. The van der Waals surface area contributed by atoms with E-state index in [2.05, 4.69) is 9.97 Å². The first-order chi connectivity index (χ1) is 8.77. The second-order valence-electron chi connectivity index (χ2n) is 4.37. The number of pyridine rings is 1. The Morgan fingerprint density at radius 3 is 2.67 bits per heavy atom. The third-order valence-corrected chi connectivity index (χ3v) is 3.18. The van der Waals surface area contributed by atoms with Gasteiger partial charge in [-0.2, -0.15) is 0 Å².